The Kier molecular flexibility index (Phi) is 5.08. The maximum Gasteiger partial charge on any atom is 0.322 e. The number of hydrogen-bond donors (Lipinski definition) is 2. The average Bonchev–Trinajstić information content (AvgIpc) is 2.87. The summed E-state index contributed by atoms with van der Waals surface area (Å²) in [6.45, 7) is 6.13. The number of carbonyl (C=O) groups is 1. The molecule has 1 aromatic rings. The lowest BCUT2D eigenvalue weighted by Crippen LogP contribution is -2.46. The minimum atomic E-state index is -0.110. The van der Waals surface area contributed by atoms with Gasteiger partial charge in [0, 0.05) is 18.5 Å². The van der Waals surface area contributed by atoms with Crippen molar-refractivity contribution < 1.29 is 9.21 Å². The van der Waals surface area contributed by atoms with Gasteiger partial charge in [-0.3, -0.25) is 15.0 Å². The van der Waals surface area contributed by atoms with Crippen LogP contribution in [-0.2, 0) is 4.79 Å². The zero-order valence-electron chi connectivity index (χ0n) is 12.3. The number of anilines is 1. The molecule has 1 unspecified atom stereocenters. The Morgan fingerprint density at radius 2 is 2.30 bits per heavy atom. The Morgan fingerprint density at radius 3 is 2.95 bits per heavy atom. The molecule has 2 heterocycles. The molecule has 2 N–H and O–H groups in total. The fourth-order valence-electron chi connectivity index (χ4n) is 2.32. The fourth-order valence-corrected chi connectivity index (χ4v) is 2.32. The van der Waals surface area contributed by atoms with Gasteiger partial charge in [-0.2, -0.15) is 0 Å². The summed E-state index contributed by atoms with van der Waals surface area (Å²) in [5, 5.41) is 13.6. The number of nitrogens with one attached hydrogen (secondary N) is 2. The zero-order chi connectivity index (χ0) is 14.5. The molecule has 0 spiro atoms. The predicted octanol–water partition coefficient (Wildman–Crippen LogP) is 0.815. The van der Waals surface area contributed by atoms with E-state index in [9.17, 15) is 4.79 Å². The molecule has 7 nitrogen and oxygen atoms in total. The molecule has 1 atom stereocenters. The van der Waals surface area contributed by atoms with Gasteiger partial charge in [-0.15, -0.1) is 5.10 Å². The highest BCUT2D eigenvalue weighted by atomic mass is 16.4. The van der Waals surface area contributed by atoms with Crippen LogP contribution in [0.3, 0.4) is 0 Å². The van der Waals surface area contributed by atoms with Gasteiger partial charge in [0.25, 0.3) is 0 Å². The molecular weight excluding hydrogens is 258 g/mol. The molecule has 1 fully saturated rings. The van der Waals surface area contributed by atoms with Crippen LogP contribution >= 0.6 is 0 Å². The number of piperidine rings is 1. The van der Waals surface area contributed by atoms with Crippen LogP contribution in [0, 0.1) is 0 Å². The van der Waals surface area contributed by atoms with Gasteiger partial charge < -0.3 is 9.73 Å². The largest absolute Gasteiger partial charge is 0.408 e. The first-order chi connectivity index (χ1) is 9.58. The van der Waals surface area contributed by atoms with Crippen LogP contribution in [0.25, 0.3) is 0 Å². The molecule has 0 aromatic carbocycles. The highest BCUT2D eigenvalue weighted by Gasteiger charge is 2.21. The molecule has 20 heavy (non-hydrogen) atoms. The monoisotopic (exact) mass is 281 g/mol. The Morgan fingerprint density at radius 1 is 1.50 bits per heavy atom. The predicted molar refractivity (Wildman–Crippen MR) is 75.5 cm³/mol. The van der Waals surface area contributed by atoms with Gasteiger partial charge in [0.15, 0.2) is 0 Å². The van der Waals surface area contributed by atoms with Crippen molar-refractivity contribution in [3.8, 4) is 0 Å². The maximum atomic E-state index is 12.0. The van der Waals surface area contributed by atoms with E-state index in [-0.39, 0.29) is 17.8 Å². The number of amides is 1. The standard InChI is InChI=1S/C13H23N5O2/c1-9(2)12-16-17-13(20-12)15-11(19)8-18-6-4-5-10(7-18)14-3/h9-10,14H,4-8H2,1-3H3,(H,15,17,19). The van der Waals surface area contributed by atoms with Crippen molar-refractivity contribution in [1.29, 1.82) is 0 Å². The van der Waals surface area contributed by atoms with Crippen LogP contribution in [0.15, 0.2) is 4.42 Å². The quantitative estimate of drug-likeness (QED) is 0.831. The third-order valence-electron chi connectivity index (χ3n) is 3.46. The topological polar surface area (TPSA) is 83.3 Å². The van der Waals surface area contributed by atoms with Gasteiger partial charge in [0.2, 0.25) is 11.8 Å². The number of hydrogen-bond acceptors (Lipinski definition) is 6. The molecule has 1 saturated heterocycles. The summed E-state index contributed by atoms with van der Waals surface area (Å²) in [7, 11) is 1.96. The molecule has 0 bridgehead atoms. The maximum absolute atomic E-state index is 12.0. The average molecular weight is 281 g/mol. The number of nitrogens with zero attached hydrogens (tertiary/aromatic N) is 3. The molecule has 0 aliphatic carbocycles. The van der Waals surface area contributed by atoms with Crippen molar-refractivity contribution in [2.24, 2.45) is 0 Å². The van der Waals surface area contributed by atoms with Crippen molar-refractivity contribution in [1.82, 2.24) is 20.4 Å². The van der Waals surface area contributed by atoms with E-state index in [0.717, 1.165) is 25.9 Å². The van der Waals surface area contributed by atoms with Crippen molar-refractivity contribution in [3.05, 3.63) is 5.89 Å². The third kappa shape index (κ3) is 4.01. The lowest BCUT2D eigenvalue weighted by atomic mass is 10.1. The molecule has 0 saturated carbocycles. The molecule has 2 rings (SSSR count). The van der Waals surface area contributed by atoms with Crippen LogP contribution in [-0.4, -0.2) is 53.7 Å². The Bertz CT molecular complexity index is 446. The van der Waals surface area contributed by atoms with E-state index in [2.05, 4.69) is 25.7 Å². The van der Waals surface area contributed by atoms with E-state index in [1.54, 1.807) is 0 Å². The van der Waals surface area contributed by atoms with Crippen LogP contribution in [0.2, 0.25) is 0 Å². The second kappa shape index (κ2) is 6.81. The molecule has 1 aromatic heterocycles. The first-order valence-electron chi connectivity index (χ1n) is 7.11. The van der Waals surface area contributed by atoms with Crippen molar-refractivity contribution in [2.75, 3.05) is 32.0 Å². The van der Waals surface area contributed by atoms with Gasteiger partial charge in [-0.25, -0.2) is 0 Å². The minimum absolute atomic E-state index is 0.110. The number of likely N-dealkylation sites (tertiary alicyclic amines) is 1. The van der Waals surface area contributed by atoms with Crippen molar-refractivity contribution >= 4 is 11.9 Å². The second-order valence-electron chi connectivity index (χ2n) is 5.51. The van der Waals surface area contributed by atoms with Gasteiger partial charge in [0.05, 0.1) is 6.54 Å². The van der Waals surface area contributed by atoms with Gasteiger partial charge in [0.1, 0.15) is 0 Å². The van der Waals surface area contributed by atoms with E-state index in [0.29, 0.717) is 18.5 Å². The molecule has 112 valence electrons. The lowest BCUT2D eigenvalue weighted by Gasteiger charge is -2.31. The number of rotatable bonds is 5. The van der Waals surface area contributed by atoms with E-state index < -0.39 is 0 Å². The van der Waals surface area contributed by atoms with E-state index >= 15 is 0 Å². The van der Waals surface area contributed by atoms with Crippen LogP contribution in [0.1, 0.15) is 38.5 Å². The number of carbonyl (C=O) groups excluding carboxylic acids is 1. The number of aromatic nitrogens is 2. The Labute approximate surface area is 119 Å². The molecular formula is C13H23N5O2. The summed E-state index contributed by atoms with van der Waals surface area (Å²) < 4.78 is 5.36. The number of likely N-dealkylation sites (N-methyl/N-ethyl adjacent to an activating group) is 1. The summed E-state index contributed by atoms with van der Waals surface area (Å²) in [6.07, 6.45) is 2.27. The Balaban J connectivity index is 1.82. The third-order valence-corrected chi connectivity index (χ3v) is 3.46. The van der Waals surface area contributed by atoms with Crippen LogP contribution < -0.4 is 10.6 Å². The van der Waals surface area contributed by atoms with E-state index in [1.165, 1.54) is 0 Å². The summed E-state index contributed by atoms with van der Waals surface area (Å²) >= 11 is 0. The SMILES string of the molecule is CNC1CCCN(CC(=O)Nc2nnc(C(C)C)o2)C1. The minimum Gasteiger partial charge on any atom is -0.408 e. The Hall–Kier alpha value is -1.47. The van der Waals surface area contributed by atoms with Crippen molar-refractivity contribution in [2.45, 2.75) is 38.6 Å². The van der Waals surface area contributed by atoms with E-state index in [4.69, 9.17) is 4.42 Å². The van der Waals surface area contributed by atoms with Gasteiger partial charge in [-0.1, -0.05) is 18.9 Å². The highest BCUT2D eigenvalue weighted by Crippen LogP contribution is 2.15. The fraction of sp³-hybridized carbons (Fsp3) is 0.769. The zero-order valence-corrected chi connectivity index (χ0v) is 12.3. The normalized spacial score (nSPS) is 20.3. The van der Waals surface area contributed by atoms with Gasteiger partial charge in [-0.05, 0) is 26.4 Å². The molecule has 0 radical (unpaired) electrons. The summed E-state index contributed by atoms with van der Waals surface area (Å²) in [4.78, 5) is 14.1. The molecule has 1 aliphatic rings. The molecule has 1 amide bonds. The second-order valence-corrected chi connectivity index (χ2v) is 5.51. The van der Waals surface area contributed by atoms with Crippen molar-refractivity contribution in [3.63, 3.8) is 0 Å². The highest BCUT2D eigenvalue weighted by molar-refractivity contribution is 5.90. The van der Waals surface area contributed by atoms with E-state index in [1.807, 2.05) is 20.9 Å². The summed E-state index contributed by atoms with van der Waals surface area (Å²) in [6, 6.07) is 0.647. The first kappa shape index (κ1) is 14.9. The summed E-state index contributed by atoms with van der Waals surface area (Å²) in [5.41, 5.74) is 0. The summed E-state index contributed by atoms with van der Waals surface area (Å²) in [5.74, 6) is 0.584. The van der Waals surface area contributed by atoms with Crippen LogP contribution in [0.5, 0.6) is 0 Å². The van der Waals surface area contributed by atoms with Crippen LogP contribution in [0.4, 0.5) is 6.01 Å². The van der Waals surface area contributed by atoms with Gasteiger partial charge >= 0.3 is 6.01 Å². The lowest BCUT2D eigenvalue weighted by molar-refractivity contribution is -0.117. The molecule has 1 aliphatic heterocycles. The smallest absolute Gasteiger partial charge is 0.322 e. The molecule has 7 heteroatoms. The first-order valence-corrected chi connectivity index (χ1v) is 7.11.